The van der Waals surface area contributed by atoms with Gasteiger partial charge in [-0.3, -0.25) is 0 Å². The van der Waals surface area contributed by atoms with Gasteiger partial charge in [0.25, 0.3) is 0 Å². The van der Waals surface area contributed by atoms with Gasteiger partial charge in [0.1, 0.15) is 16.6 Å². The van der Waals surface area contributed by atoms with E-state index in [0.717, 1.165) is 42.7 Å². The van der Waals surface area contributed by atoms with Crippen LogP contribution in [0.5, 0.6) is 0 Å². The number of rotatable bonds is 2. The Hall–Kier alpha value is -1.13. The summed E-state index contributed by atoms with van der Waals surface area (Å²) in [7, 11) is 0. The minimum Gasteiger partial charge on any atom is -0.376 e. The summed E-state index contributed by atoms with van der Waals surface area (Å²) in [4.78, 5) is 8.71. The number of aromatic nitrogens is 3. The number of aryl methyl sites for hydroxylation is 2. The average molecular weight is 266 g/mol. The van der Waals surface area contributed by atoms with E-state index < -0.39 is 0 Å². The molecule has 5 heteroatoms. The van der Waals surface area contributed by atoms with Crippen molar-refractivity contribution in [1.82, 2.24) is 14.5 Å². The van der Waals surface area contributed by atoms with Crippen LogP contribution < -0.4 is 0 Å². The minimum absolute atomic E-state index is 0.299. The summed E-state index contributed by atoms with van der Waals surface area (Å²) in [6.07, 6.45) is 2.57. The Morgan fingerprint density at radius 2 is 2.28 bits per heavy atom. The third-order valence-corrected chi connectivity index (χ3v) is 3.72. The van der Waals surface area contributed by atoms with Crippen LogP contribution in [0.3, 0.4) is 0 Å². The van der Waals surface area contributed by atoms with Gasteiger partial charge in [-0.05, 0) is 32.8 Å². The molecule has 2 aromatic rings. The van der Waals surface area contributed by atoms with Gasteiger partial charge < -0.3 is 9.30 Å². The van der Waals surface area contributed by atoms with Crippen molar-refractivity contribution in [1.29, 1.82) is 0 Å². The Balaban J connectivity index is 2.06. The van der Waals surface area contributed by atoms with E-state index >= 15 is 0 Å². The van der Waals surface area contributed by atoms with Gasteiger partial charge in [0.2, 0.25) is 0 Å². The second kappa shape index (κ2) is 4.52. The molecule has 2 aromatic heterocycles. The fourth-order valence-corrected chi connectivity index (χ4v) is 2.80. The van der Waals surface area contributed by atoms with Crippen molar-refractivity contribution in [3.8, 4) is 0 Å². The summed E-state index contributed by atoms with van der Waals surface area (Å²) in [6, 6.07) is 2.05. The standard InChI is InChI=1S/C13H16ClN3O/c1-8-6-11-12(14)15-9(2)16-13(11)17(8)7-10-4-3-5-18-10/h6,10H,3-5,7H2,1-2H3/t10-/m0/s1. The lowest BCUT2D eigenvalue weighted by atomic mass is 10.2. The predicted octanol–water partition coefficient (Wildman–Crippen LogP) is 2.88. The number of ether oxygens (including phenoxy) is 1. The van der Waals surface area contributed by atoms with E-state index in [1.165, 1.54) is 0 Å². The zero-order valence-corrected chi connectivity index (χ0v) is 11.4. The Labute approximate surface area is 111 Å². The monoisotopic (exact) mass is 265 g/mol. The van der Waals surface area contributed by atoms with Crippen molar-refractivity contribution in [3.63, 3.8) is 0 Å². The highest BCUT2D eigenvalue weighted by Crippen LogP contribution is 2.25. The summed E-state index contributed by atoms with van der Waals surface area (Å²) < 4.78 is 7.88. The van der Waals surface area contributed by atoms with Crippen LogP contribution in [0.25, 0.3) is 11.0 Å². The van der Waals surface area contributed by atoms with Crippen molar-refractivity contribution in [3.05, 3.63) is 22.7 Å². The van der Waals surface area contributed by atoms with Gasteiger partial charge in [-0.25, -0.2) is 9.97 Å². The van der Waals surface area contributed by atoms with Crippen LogP contribution >= 0.6 is 11.6 Å². The van der Waals surface area contributed by atoms with Crippen LogP contribution in [-0.2, 0) is 11.3 Å². The molecule has 0 bridgehead atoms. The fourth-order valence-electron chi connectivity index (χ4n) is 2.54. The van der Waals surface area contributed by atoms with Gasteiger partial charge >= 0.3 is 0 Å². The van der Waals surface area contributed by atoms with Gasteiger partial charge in [-0.2, -0.15) is 0 Å². The Bertz CT molecular complexity index is 587. The summed E-state index contributed by atoms with van der Waals surface area (Å²) >= 11 is 6.17. The molecular weight excluding hydrogens is 250 g/mol. The van der Waals surface area contributed by atoms with Crippen LogP contribution in [0.1, 0.15) is 24.4 Å². The highest BCUT2D eigenvalue weighted by molar-refractivity contribution is 6.34. The largest absolute Gasteiger partial charge is 0.376 e. The molecule has 1 saturated heterocycles. The molecular formula is C13H16ClN3O. The molecule has 3 rings (SSSR count). The Morgan fingerprint density at radius 3 is 3.00 bits per heavy atom. The van der Waals surface area contributed by atoms with Crippen molar-refractivity contribution < 1.29 is 4.74 Å². The maximum atomic E-state index is 6.17. The lowest BCUT2D eigenvalue weighted by molar-refractivity contribution is 0.0974. The third kappa shape index (κ3) is 1.99. The quantitative estimate of drug-likeness (QED) is 0.784. The Morgan fingerprint density at radius 1 is 1.44 bits per heavy atom. The molecule has 1 fully saturated rings. The highest BCUT2D eigenvalue weighted by Gasteiger charge is 2.19. The van der Waals surface area contributed by atoms with E-state index in [9.17, 15) is 0 Å². The molecule has 0 saturated carbocycles. The molecule has 0 unspecified atom stereocenters. The third-order valence-electron chi connectivity index (χ3n) is 3.44. The maximum Gasteiger partial charge on any atom is 0.145 e. The molecule has 0 amide bonds. The van der Waals surface area contributed by atoms with Crippen molar-refractivity contribution in [2.45, 2.75) is 39.3 Å². The molecule has 96 valence electrons. The first-order valence-electron chi connectivity index (χ1n) is 6.27. The van der Waals surface area contributed by atoms with E-state index in [2.05, 4.69) is 21.5 Å². The van der Waals surface area contributed by atoms with Gasteiger partial charge in [0, 0.05) is 12.3 Å². The molecule has 0 radical (unpaired) electrons. The molecule has 0 spiro atoms. The zero-order chi connectivity index (χ0) is 12.7. The average Bonchev–Trinajstić information content (AvgIpc) is 2.91. The summed E-state index contributed by atoms with van der Waals surface area (Å²) in [5.74, 6) is 0.708. The molecule has 0 aromatic carbocycles. The van der Waals surface area contributed by atoms with E-state index in [4.69, 9.17) is 16.3 Å². The van der Waals surface area contributed by atoms with Gasteiger partial charge in [-0.1, -0.05) is 11.6 Å². The van der Waals surface area contributed by atoms with Crippen LogP contribution in [0.2, 0.25) is 5.15 Å². The molecule has 18 heavy (non-hydrogen) atoms. The first kappa shape index (κ1) is 11.9. The van der Waals surface area contributed by atoms with E-state index in [1.54, 1.807) is 0 Å². The van der Waals surface area contributed by atoms with Crippen LogP contribution in [0.4, 0.5) is 0 Å². The zero-order valence-electron chi connectivity index (χ0n) is 10.6. The summed E-state index contributed by atoms with van der Waals surface area (Å²) in [6.45, 7) is 5.66. The summed E-state index contributed by atoms with van der Waals surface area (Å²) in [5.41, 5.74) is 2.07. The van der Waals surface area contributed by atoms with Gasteiger partial charge in [0.05, 0.1) is 18.0 Å². The number of hydrogen-bond acceptors (Lipinski definition) is 3. The normalized spacial score (nSPS) is 19.8. The van der Waals surface area contributed by atoms with E-state index in [1.807, 2.05) is 13.0 Å². The van der Waals surface area contributed by atoms with Gasteiger partial charge in [0.15, 0.2) is 0 Å². The molecule has 1 aliphatic heterocycles. The lowest BCUT2D eigenvalue weighted by Crippen LogP contribution is -2.16. The molecule has 0 aliphatic carbocycles. The number of fused-ring (bicyclic) bond motifs is 1. The number of hydrogen-bond donors (Lipinski definition) is 0. The predicted molar refractivity (Wildman–Crippen MR) is 71.0 cm³/mol. The lowest BCUT2D eigenvalue weighted by Gasteiger charge is -2.13. The molecule has 4 nitrogen and oxygen atoms in total. The number of nitrogens with zero attached hydrogens (tertiary/aromatic N) is 3. The topological polar surface area (TPSA) is 39.9 Å². The SMILES string of the molecule is Cc1nc(Cl)c2cc(C)n(C[C@@H]3CCCO3)c2n1. The molecule has 1 atom stereocenters. The van der Waals surface area contributed by atoms with Crippen molar-refractivity contribution >= 4 is 22.6 Å². The first-order valence-corrected chi connectivity index (χ1v) is 6.64. The van der Waals surface area contributed by atoms with Crippen molar-refractivity contribution in [2.24, 2.45) is 0 Å². The van der Waals surface area contributed by atoms with Crippen LogP contribution in [0.15, 0.2) is 6.07 Å². The maximum absolute atomic E-state index is 6.17. The fraction of sp³-hybridized carbons (Fsp3) is 0.538. The minimum atomic E-state index is 0.299. The number of halogens is 1. The summed E-state index contributed by atoms with van der Waals surface area (Å²) in [5, 5.41) is 1.46. The molecule has 0 N–H and O–H groups in total. The first-order chi connectivity index (χ1) is 8.65. The molecule has 1 aliphatic rings. The second-order valence-corrected chi connectivity index (χ2v) is 5.19. The second-order valence-electron chi connectivity index (χ2n) is 4.83. The van der Waals surface area contributed by atoms with Crippen LogP contribution in [-0.4, -0.2) is 27.2 Å². The highest BCUT2D eigenvalue weighted by atomic mass is 35.5. The van der Waals surface area contributed by atoms with Gasteiger partial charge in [-0.15, -0.1) is 0 Å². The van der Waals surface area contributed by atoms with E-state index in [0.29, 0.717) is 17.1 Å². The van der Waals surface area contributed by atoms with Crippen molar-refractivity contribution in [2.75, 3.05) is 6.61 Å². The smallest absolute Gasteiger partial charge is 0.145 e. The van der Waals surface area contributed by atoms with Crippen LogP contribution in [0, 0.1) is 13.8 Å². The Kier molecular flexibility index (Phi) is 2.99. The molecule has 3 heterocycles. The van der Waals surface area contributed by atoms with E-state index in [-0.39, 0.29) is 0 Å².